The number of aromatic nitrogens is 3. The predicted molar refractivity (Wildman–Crippen MR) is 121 cm³/mol. The van der Waals surface area contributed by atoms with Crippen molar-refractivity contribution in [3.05, 3.63) is 84.9 Å². The molecule has 29 heavy (non-hydrogen) atoms. The number of hydrogen-bond acceptors (Lipinski definition) is 3. The Morgan fingerprint density at radius 3 is 2.59 bits per heavy atom. The molecule has 1 atom stereocenters. The van der Waals surface area contributed by atoms with Gasteiger partial charge in [0, 0.05) is 28.8 Å². The summed E-state index contributed by atoms with van der Waals surface area (Å²) < 4.78 is 2.00. The van der Waals surface area contributed by atoms with Gasteiger partial charge in [0.2, 0.25) is 5.78 Å². The maximum absolute atomic E-state index is 6.50. The average Bonchev–Trinajstić information content (AvgIpc) is 3.14. The minimum atomic E-state index is -0.156. The van der Waals surface area contributed by atoms with Crippen LogP contribution in [0, 0.1) is 0 Å². The van der Waals surface area contributed by atoms with E-state index in [4.69, 9.17) is 10.7 Å². The van der Waals surface area contributed by atoms with Gasteiger partial charge in [-0.1, -0.05) is 49.1 Å². The first-order chi connectivity index (χ1) is 14.1. The SMILES string of the molecule is C=Cc1cnc2nc(-c3ccc(C4(N)CCC4)cc3)c(C(C=C)CC=CC)cn12. The zero-order valence-electron chi connectivity index (χ0n) is 17.0. The molecule has 1 fully saturated rings. The van der Waals surface area contributed by atoms with E-state index in [-0.39, 0.29) is 11.5 Å². The molecule has 4 heteroatoms. The summed E-state index contributed by atoms with van der Waals surface area (Å²) >= 11 is 0. The number of imidazole rings is 1. The van der Waals surface area contributed by atoms with Gasteiger partial charge in [-0.05, 0) is 44.2 Å². The van der Waals surface area contributed by atoms with Crippen LogP contribution in [0.4, 0.5) is 0 Å². The highest BCUT2D eigenvalue weighted by molar-refractivity contribution is 5.67. The molecular weight excluding hydrogens is 356 g/mol. The molecule has 0 saturated heterocycles. The molecule has 2 heterocycles. The van der Waals surface area contributed by atoms with Gasteiger partial charge in [0.1, 0.15) is 0 Å². The number of nitrogens with zero attached hydrogens (tertiary/aromatic N) is 3. The van der Waals surface area contributed by atoms with Crippen molar-refractivity contribution in [1.82, 2.24) is 14.4 Å². The zero-order chi connectivity index (χ0) is 20.4. The van der Waals surface area contributed by atoms with Gasteiger partial charge < -0.3 is 5.73 Å². The van der Waals surface area contributed by atoms with Crippen molar-refractivity contribution in [3.8, 4) is 11.3 Å². The van der Waals surface area contributed by atoms with Gasteiger partial charge in [-0.2, -0.15) is 0 Å². The first-order valence-electron chi connectivity index (χ1n) is 10.2. The van der Waals surface area contributed by atoms with Crippen molar-refractivity contribution in [2.45, 2.75) is 44.1 Å². The highest BCUT2D eigenvalue weighted by Gasteiger charge is 2.34. The molecular formula is C25H28N4. The van der Waals surface area contributed by atoms with E-state index in [9.17, 15) is 0 Å². The summed E-state index contributed by atoms with van der Waals surface area (Å²) in [5, 5.41) is 0. The molecule has 1 unspecified atom stereocenters. The smallest absolute Gasteiger partial charge is 0.234 e. The van der Waals surface area contributed by atoms with Crippen LogP contribution in [0.3, 0.4) is 0 Å². The van der Waals surface area contributed by atoms with E-state index in [0.29, 0.717) is 5.78 Å². The molecule has 1 saturated carbocycles. The van der Waals surface area contributed by atoms with E-state index < -0.39 is 0 Å². The van der Waals surface area contributed by atoms with E-state index in [0.717, 1.165) is 41.8 Å². The van der Waals surface area contributed by atoms with Crippen LogP contribution in [0.1, 0.15) is 55.3 Å². The standard InChI is InChI=1S/C25H28N4/c1-4-7-9-18(5-2)22-17-29-21(6-3)16-27-24(29)28-23(22)19-10-12-20(13-11-19)25(26)14-8-15-25/h4-7,10-13,16-18H,2-3,8-9,14-15,26H2,1H3. The quantitative estimate of drug-likeness (QED) is 0.538. The maximum Gasteiger partial charge on any atom is 0.234 e. The normalized spacial score (nSPS) is 16.6. The van der Waals surface area contributed by atoms with Gasteiger partial charge in [0.25, 0.3) is 0 Å². The number of rotatable bonds is 7. The Kier molecular flexibility index (Phi) is 5.20. The Morgan fingerprint density at radius 1 is 1.24 bits per heavy atom. The van der Waals surface area contributed by atoms with E-state index in [1.807, 2.05) is 17.4 Å². The number of nitrogens with two attached hydrogens (primary N) is 1. The van der Waals surface area contributed by atoms with Crippen LogP contribution in [-0.2, 0) is 5.54 Å². The minimum absolute atomic E-state index is 0.156. The highest BCUT2D eigenvalue weighted by Crippen LogP contribution is 2.39. The van der Waals surface area contributed by atoms with E-state index in [1.54, 1.807) is 12.3 Å². The Morgan fingerprint density at radius 2 is 2.00 bits per heavy atom. The third-order valence-corrected chi connectivity index (χ3v) is 6.06. The lowest BCUT2D eigenvalue weighted by Gasteiger charge is -2.38. The Bertz CT molecular complexity index is 1070. The predicted octanol–water partition coefficient (Wildman–Crippen LogP) is 5.61. The molecule has 2 aromatic heterocycles. The van der Waals surface area contributed by atoms with Crippen molar-refractivity contribution < 1.29 is 0 Å². The fraction of sp³-hybridized carbons (Fsp3) is 0.280. The van der Waals surface area contributed by atoms with Crippen molar-refractivity contribution in [2.24, 2.45) is 5.73 Å². The summed E-state index contributed by atoms with van der Waals surface area (Å²) in [5.74, 6) is 0.830. The van der Waals surface area contributed by atoms with Gasteiger partial charge in [-0.3, -0.25) is 4.40 Å². The molecule has 1 aliphatic carbocycles. The zero-order valence-corrected chi connectivity index (χ0v) is 17.0. The maximum atomic E-state index is 6.50. The second-order valence-corrected chi connectivity index (χ2v) is 7.84. The van der Waals surface area contributed by atoms with Gasteiger partial charge in [-0.25, -0.2) is 9.97 Å². The van der Waals surface area contributed by atoms with Crippen LogP contribution in [0.2, 0.25) is 0 Å². The second kappa shape index (κ2) is 7.80. The molecule has 2 N–H and O–H groups in total. The third-order valence-electron chi connectivity index (χ3n) is 6.06. The molecule has 148 valence electrons. The first kappa shape index (κ1) is 19.3. The number of fused-ring (bicyclic) bond motifs is 1. The largest absolute Gasteiger partial charge is 0.321 e. The van der Waals surface area contributed by atoms with E-state index in [1.165, 1.54) is 12.0 Å². The van der Waals surface area contributed by atoms with Crippen LogP contribution in [0.5, 0.6) is 0 Å². The van der Waals surface area contributed by atoms with Crippen molar-refractivity contribution in [1.29, 1.82) is 0 Å². The van der Waals surface area contributed by atoms with E-state index >= 15 is 0 Å². The highest BCUT2D eigenvalue weighted by atomic mass is 15.1. The number of hydrogen-bond donors (Lipinski definition) is 1. The topological polar surface area (TPSA) is 56.2 Å². The van der Waals surface area contributed by atoms with Crippen molar-refractivity contribution in [2.75, 3.05) is 0 Å². The lowest BCUT2D eigenvalue weighted by atomic mass is 9.72. The molecule has 0 aliphatic heterocycles. The van der Waals surface area contributed by atoms with Crippen molar-refractivity contribution in [3.63, 3.8) is 0 Å². The number of allylic oxidation sites excluding steroid dienone is 3. The van der Waals surface area contributed by atoms with Crippen molar-refractivity contribution >= 4 is 11.9 Å². The second-order valence-electron chi connectivity index (χ2n) is 7.84. The minimum Gasteiger partial charge on any atom is -0.321 e. The molecule has 0 radical (unpaired) electrons. The Balaban J connectivity index is 1.84. The summed E-state index contributed by atoms with van der Waals surface area (Å²) in [6.07, 6.45) is 16.2. The third kappa shape index (κ3) is 3.45. The molecule has 1 aliphatic rings. The van der Waals surface area contributed by atoms with Crippen LogP contribution in [-0.4, -0.2) is 14.4 Å². The Hall–Kier alpha value is -2.98. The van der Waals surface area contributed by atoms with Gasteiger partial charge >= 0.3 is 0 Å². The van der Waals surface area contributed by atoms with Crippen LogP contribution >= 0.6 is 0 Å². The fourth-order valence-corrected chi connectivity index (χ4v) is 4.04. The van der Waals surface area contributed by atoms with Crippen LogP contribution in [0.25, 0.3) is 23.1 Å². The molecule has 0 spiro atoms. The summed E-state index contributed by atoms with van der Waals surface area (Å²) in [6.45, 7) is 10.0. The summed E-state index contributed by atoms with van der Waals surface area (Å²) in [6, 6.07) is 8.58. The molecule has 4 nitrogen and oxygen atoms in total. The molecule has 0 bridgehead atoms. The average molecular weight is 385 g/mol. The van der Waals surface area contributed by atoms with Gasteiger partial charge in [0.15, 0.2) is 0 Å². The summed E-state index contributed by atoms with van der Waals surface area (Å²) in [4.78, 5) is 9.38. The van der Waals surface area contributed by atoms with Gasteiger partial charge in [-0.15, -0.1) is 6.58 Å². The van der Waals surface area contributed by atoms with Gasteiger partial charge in [0.05, 0.1) is 17.6 Å². The van der Waals surface area contributed by atoms with E-state index in [2.05, 4.69) is 60.8 Å². The summed E-state index contributed by atoms with van der Waals surface area (Å²) in [5.41, 5.74) is 11.6. The number of benzene rings is 1. The fourth-order valence-electron chi connectivity index (χ4n) is 4.04. The molecule has 1 aromatic carbocycles. The lowest BCUT2D eigenvalue weighted by Crippen LogP contribution is -2.43. The monoisotopic (exact) mass is 384 g/mol. The first-order valence-corrected chi connectivity index (χ1v) is 10.2. The summed E-state index contributed by atoms with van der Waals surface area (Å²) in [7, 11) is 0. The lowest BCUT2D eigenvalue weighted by molar-refractivity contribution is 0.253. The van der Waals surface area contributed by atoms with Crippen LogP contribution < -0.4 is 5.73 Å². The van der Waals surface area contributed by atoms with Crippen LogP contribution in [0.15, 0.2) is 68.0 Å². The molecule has 4 rings (SSSR count). The molecule has 3 aromatic rings. The Labute approximate surface area is 172 Å². The molecule has 0 amide bonds.